The summed E-state index contributed by atoms with van der Waals surface area (Å²) in [6, 6.07) is 5.58. The van der Waals surface area contributed by atoms with E-state index >= 15 is 0 Å². The molecule has 18 heavy (non-hydrogen) atoms. The Labute approximate surface area is 109 Å². The second-order valence-electron chi connectivity index (χ2n) is 5.61. The van der Waals surface area contributed by atoms with Gasteiger partial charge in [-0.3, -0.25) is 0 Å². The molecule has 1 fully saturated rings. The van der Waals surface area contributed by atoms with E-state index in [2.05, 4.69) is 18.7 Å². The minimum Gasteiger partial charge on any atom is -0.507 e. The maximum absolute atomic E-state index is 9.92. The quantitative estimate of drug-likeness (QED) is 0.847. The zero-order valence-corrected chi connectivity index (χ0v) is 11.4. The Hall–Kier alpha value is -1.22. The summed E-state index contributed by atoms with van der Waals surface area (Å²) >= 11 is 0. The van der Waals surface area contributed by atoms with E-state index in [1.165, 1.54) is 6.42 Å². The van der Waals surface area contributed by atoms with Crippen molar-refractivity contribution in [3.05, 3.63) is 23.8 Å². The first-order valence-corrected chi connectivity index (χ1v) is 6.75. The van der Waals surface area contributed by atoms with E-state index in [1.807, 2.05) is 12.1 Å². The van der Waals surface area contributed by atoms with Crippen molar-refractivity contribution >= 4 is 5.69 Å². The molecule has 1 aromatic carbocycles. The summed E-state index contributed by atoms with van der Waals surface area (Å²) in [6.07, 6.45) is 0.569. The number of phenolic OH excluding ortho intramolecular Hbond substituents is 1. The van der Waals surface area contributed by atoms with Crippen LogP contribution in [0.4, 0.5) is 5.69 Å². The lowest BCUT2D eigenvalue weighted by molar-refractivity contribution is 0.195. The Morgan fingerprint density at radius 2 is 2.00 bits per heavy atom. The summed E-state index contributed by atoms with van der Waals surface area (Å²) in [5, 5.41) is 19.4. The van der Waals surface area contributed by atoms with Gasteiger partial charge in [0.15, 0.2) is 0 Å². The molecule has 2 rings (SSSR count). The Bertz CT molecular complexity index is 417. The number of aliphatic hydroxyl groups is 1. The fraction of sp³-hybridized carbons (Fsp3) is 0.600. The van der Waals surface area contributed by atoms with E-state index in [9.17, 15) is 10.2 Å². The molecule has 0 radical (unpaired) electrons. The summed E-state index contributed by atoms with van der Waals surface area (Å²) in [7, 11) is 0. The molecule has 1 aromatic rings. The predicted molar refractivity (Wildman–Crippen MR) is 73.9 cm³/mol. The van der Waals surface area contributed by atoms with E-state index in [0.717, 1.165) is 24.7 Å². The van der Waals surface area contributed by atoms with Crippen LogP contribution in [0.25, 0.3) is 0 Å². The molecule has 1 saturated heterocycles. The molecule has 1 aliphatic heterocycles. The number of rotatable bonds is 2. The van der Waals surface area contributed by atoms with E-state index in [-0.39, 0.29) is 5.75 Å². The van der Waals surface area contributed by atoms with Crippen molar-refractivity contribution < 1.29 is 10.2 Å². The molecule has 0 amide bonds. The second-order valence-corrected chi connectivity index (χ2v) is 5.61. The summed E-state index contributed by atoms with van der Waals surface area (Å²) in [4.78, 5) is 2.32. The molecule has 0 saturated carbocycles. The topological polar surface area (TPSA) is 43.7 Å². The normalized spacial score (nSPS) is 26.1. The first kappa shape index (κ1) is 13.2. The largest absolute Gasteiger partial charge is 0.507 e. The van der Waals surface area contributed by atoms with Gasteiger partial charge >= 0.3 is 0 Å². The zero-order chi connectivity index (χ0) is 13.3. The smallest absolute Gasteiger partial charge is 0.123 e. The van der Waals surface area contributed by atoms with Crippen molar-refractivity contribution in [2.45, 2.75) is 33.3 Å². The fourth-order valence-corrected chi connectivity index (χ4v) is 2.58. The predicted octanol–water partition coefficient (Wildman–Crippen LogP) is 2.93. The van der Waals surface area contributed by atoms with Gasteiger partial charge < -0.3 is 15.1 Å². The molecule has 2 N–H and O–H groups in total. The van der Waals surface area contributed by atoms with Crippen molar-refractivity contribution in [1.29, 1.82) is 0 Å². The third-order valence-electron chi connectivity index (χ3n) is 4.16. The number of aromatic hydroxyl groups is 1. The average Bonchev–Trinajstić information content (AvgIpc) is 2.32. The zero-order valence-electron chi connectivity index (χ0n) is 11.4. The molecule has 1 aliphatic rings. The van der Waals surface area contributed by atoms with Gasteiger partial charge in [0.05, 0.1) is 6.10 Å². The monoisotopic (exact) mass is 249 g/mol. The van der Waals surface area contributed by atoms with Gasteiger partial charge in [0.25, 0.3) is 0 Å². The summed E-state index contributed by atoms with van der Waals surface area (Å²) < 4.78 is 0. The van der Waals surface area contributed by atoms with Gasteiger partial charge in [0, 0.05) is 30.4 Å². The SMILES string of the molecule is CC(O)c1ccc(N2CCC(C)C(C)C2)cc1O. The minimum absolute atomic E-state index is 0.189. The number of aliphatic hydroxyl groups excluding tert-OH is 1. The first-order valence-electron chi connectivity index (χ1n) is 6.75. The summed E-state index contributed by atoms with van der Waals surface area (Å²) in [6.45, 7) is 8.32. The number of piperidine rings is 1. The molecule has 3 unspecified atom stereocenters. The molecule has 3 atom stereocenters. The highest BCUT2D eigenvalue weighted by molar-refractivity contribution is 5.54. The van der Waals surface area contributed by atoms with Crippen LogP contribution in [0.15, 0.2) is 18.2 Å². The van der Waals surface area contributed by atoms with Crippen LogP contribution in [0.5, 0.6) is 5.75 Å². The van der Waals surface area contributed by atoms with Crippen LogP contribution in [-0.4, -0.2) is 23.3 Å². The third-order valence-corrected chi connectivity index (χ3v) is 4.16. The molecular formula is C15H23NO2. The van der Waals surface area contributed by atoms with Crippen molar-refractivity contribution in [3.8, 4) is 5.75 Å². The molecule has 0 aromatic heterocycles. The van der Waals surface area contributed by atoms with Crippen LogP contribution in [0.2, 0.25) is 0 Å². The van der Waals surface area contributed by atoms with E-state index in [0.29, 0.717) is 11.5 Å². The highest BCUT2D eigenvalue weighted by atomic mass is 16.3. The molecule has 0 spiro atoms. The lowest BCUT2D eigenvalue weighted by Crippen LogP contribution is -2.38. The van der Waals surface area contributed by atoms with Crippen molar-refractivity contribution in [1.82, 2.24) is 0 Å². The number of hydrogen-bond acceptors (Lipinski definition) is 3. The highest BCUT2D eigenvalue weighted by Gasteiger charge is 2.23. The number of phenols is 1. The second kappa shape index (κ2) is 5.19. The van der Waals surface area contributed by atoms with E-state index < -0.39 is 6.10 Å². The molecule has 3 nitrogen and oxygen atoms in total. The van der Waals surface area contributed by atoms with Gasteiger partial charge in [-0.25, -0.2) is 0 Å². The van der Waals surface area contributed by atoms with Gasteiger partial charge in [0.2, 0.25) is 0 Å². The van der Waals surface area contributed by atoms with Crippen molar-refractivity contribution in [3.63, 3.8) is 0 Å². The van der Waals surface area contributed by atoms with Crippen LogP contribution in [0.3, 0.4) is 0 Å². The lowest BCUT2D eigenvalue weighted by atomic mass is 9.88. The van der Waals surface area contributed by atoms with Crippen LogP contribution in [0, 0.1) is 11.8 Å². The average molecular weight is 249 g/mol. The highest BCUT2D eigenvalue weighted by Crippen LogP contribution is 2.32. The number of nitrogens with zero attached hydrogens (tertiary/aromatic N) is 1. The number of hydrogen-bond donors (Lipinski definition) is 2. The van der Waals surface area contributed by atoms with Gasteiger partial charge in [-0.15, -0.1) is 0 Å². The van der Waals surface area contributed by atoms with Crippen LogP contribution >= 0.6 is 0 Å². The lowest BCUT2D eigenvalue weighted by Gasteiger charge is -2.37. The Balaban J connectivity index is 2.17. The maximum atomic E-state index is 9.92. The van der Waals surface area contributed by atoms with Gasteiger partial charge in [-0.05, 0) is 31.2 Å². The van der Waals surface area contributed by atoms with Crippen LogP contribution in [-0.2, 0) is 0 Å². The minimum atomic E-state index is -0.626. The Morgan fingerprint density at radius 3 is 2.56 bits per heavy atom. The number of benzene rings is 1. The maximum Gasteiger partial charge on any atom is 0.123 e. The van der Waals surface area contributed by atoms with E-state index in [1.54, 1.807) is 13.0 Å². The molecule has 100 valence electrons. The summed E-state index contributed by atoms with van der Waals surface area (Å²) in [5.41, 5.74) is 1.65. The van der Waals surface area contributed by atoms with Crippen molar-refractivity contribution in [2.24, 2.45) is 11.8 Å². The molecule has 3 heteroatoms. The molecule has 0 aliphatic carbocycles. The van der Waals surface area contributed by atoms with Crippen LogP contribution in [0.1, 0.15) is 38.9 Å². The molecular weight excluding hydrogens is 226 g/mol. The van der Waals surface area contributed by atoms with Gasteiger partial charge in [0.1, 0.15) is 5.75 Å². The third kappa shape index (κ3) is 2.61. The van der Waals surface area contributed by atoms with E-state index in [4.69, 9.17) is 0 Å². The van der Waals surface area contributed by atoms with Crippen molar-refractivity contribution in [2.75, 3.05) is 18.0 Å². The molecule has 0 bridgehead atoms. The standard InChI is InChI=1S/C15H23NO2/c1-10-6-7-16(9-11(10)2)13-4-5-14(12(3)17)15(18)8-13/h4-5,8,10-12,17-18H,6-7,9H2,1-3H3. The first-order chi connectivity index (χ1) is 8.49. The molecule has 1 heterocycles. The number of anilines is 1. The van der Waals surface area contributed by atoms with Gasteiger partial charge in [-0.2, -0.15) is 0 Å². The Morgan fingerprint density at radius 1 is 1.28 bits per heavy atom. The fourth-order valence-electron chi connectivity index (χ4n) is 2.58. The Kier molecular flexibility index (Phi) is 3.81. The van der Waals surface area contributed by atoms with Crippen LogP contribution < -0.4 is 4.90 Å². The van der Waals surface area contributed by atoms with Gasteiger partial charge in [-0.1, -0.05) is 19.9 Å². The summed E-state index contributed by atoms with van der Waals surface area (Å²) in [5.74, 6) is 1.64.